The van der Waals surface area contributed by atoms with Crippen LogP contribution in [-0.4, -0.2) is 60.1 Å². The van der Waals surface area contributed by atoms with E-state index in [9.17, 15) is 4.79 Å². The Balaban J connectivity index is 1.34. The number of rotatable bonds is 9. The highest BCUT2D eigenvalue weighted by Crippen LogP contribution is 2.58. The number of hydrogen-bond acceptors (Lipinski definition) is 6. The molecule has 0 spiro atoms. The number of carbonyl (C=O) groups is 1. The second kappa shape index (κ2) is 9.74. The maximum atomic E-state index is 15.6. The molecule has 2 N–H and O–H groups in total. The third-order valence-electron chi connectivity index (χ3n) is 8.00. The van der Waals surface area contributed by atoms with Gasteiger partial charge in [0, 0.05) is 30.1 Å². The smallest absolute Gasteiger partial charge is 0.318 e. The number of likely N-dealkylation sites (tertiary alicyclic amines) is 1. The van der Waals surface area contributed by atoms with Gasteiger partial charge in [0.25, 0.3) is 0 Å². The van der Waals surface area contributed by atoms with Crippen LogP contribution >= 0.6 is 0 Å². The summed E-state index contributed by atoms with van der Waals surface area (Å²) in [6, 6.07) is 10.2. The molecule has 3 aromatic rings. The summed E-state index contributed by atoms with van der Waals surface area (Å²) in [4.78, 5) is 23.1. The fourth-order valence-electron chi connectivity index (χ4n) is 5.91. The van der Waals surface area contributed by atoms with E-state index in [0.29, 0.717) is 59.9 Å². The Kier molecular flexibility index (Phi) is 6.28. The molecule has 2 aromatic carbocycles. The van der Waals surface area contributed by atoms with E-state index >= 15 is 4.39 Å². The normalized spacial score (nSPS) is 21.9. The van der Waals surface area contributed by atoms with Gasteiger partial charge in [0.2, 0.25) is 5.91 Å². The van der Waals surface area contributed by atoms with E-state index in [0.717, 1.165) is 31.4 Å². The molecule has 2 unspecified atom stereocenters. The van der Waals surface area contributed by atoms with E-state index in [1.54, 1.807) is 0 Å². The number of ether oxygens (including phenoxy) is 1. The fraction of sp³-hybridized carbons (Fsp3) is 0.414. The van der Waals surface area contributed by atoms with Gasteiger partial charge in [0.15, 0.2) is 0 Å². The number of fused-ring (bicyclic) bond motifs is 4. The van der Waals surface area contributed by atoms with Crippen molar-refractivity contribution >= 4 is 22.6 Å². The van der Waals surface area contributed by atoms with Crippen molar-refractivity contribution in [1.29, 1.82) is 0 Å². The average molecular weight is 502 g/mol. The molecule has 2 aliphatic carbocycles. The molecule has 2 fully saturated rings. The van der Waals surface area contributed by atoms with Gasteiger partial charge in [0.1, 0.15) is 18.2 Å². The van der Waals surface area contributed by atoms with E-state index in [-0.39, 0.29) is 17.7 Å². The predicted octanol–water partition coefficient (Wildman–Crippen LogP) is 4.28. The van der Waals surface area contributed by atoms with E-state index in [4.69, 9.17) is 9.72 Å². The highest BCUT2D eigenvalue weighted by Gasteiger charge is 2.46. The predicted molar refractivity (Wildman–Crippen MR) is 142 cm³/mol. The van der Waals surface area contributed by atoms with Gasteiger partial charge in [-0.1, -0.05) is 24.8 Å². The maximum absolute atomic E-state index is 15.6. The summed E-state index contributed by atoms with van der Waals surface area (Å²) in [7, 11) is 2.10. The minimum atomic E-state index is -0.294. The summed E-state index contributed by atoms with van der Waals surface area (Å²) in [5.74, 6) is 1.21. The number of hydrogen-bond donors (Lipinski definition) is 2. The molecular formula is C29H32FN5O2. The van der Waals surface area contributed by atoms with Crippen molar-refractivity contribution < 1.29 is 13.9 Å². The number of nitrogens with zero attached hydrogens (tertiary/aromatic N) is 3. The van der Waals surface area contributed by atoms with Crippen LogP contribution in [0.4, 0.5) is 10.2 Å². The van der Waals surface area contributed by atoms with Crippen molar-refractivity contribution in [3.05, 3.63) is 59.9 Å². The van der Waals surface area contributed by atoms with Crippen LogP contribution in [0, 0.1) is 11.7 Å². The van der Waals surface area contributed by atoms with Crippen molar-refractivity contribution in [2.45, 2.75) is 37.6 Å². The van der Waals surface area contributed by atoms with Crippen molar-refractivity contribution in [1.82, 2.24) is 20.2 Å². The molecule has 1 aliphatic heterocycles. The molecule has 3 aliphatic rings. The Morgan fingerprint density at radius 2 is 2.16 bits per heavy atom. The lowest BCUT2D eigenvalue weighted by molar-refractivity contribution is -0.116. The van der Waals surface area contributed by atoms with E-state index in [1.165, 1.54) is 29.7 Å². The Hall–Kier alpha value is -3.52. The first-order valence-corrected chi connectivity index (χ1v) is 13.1. The second-order valence-electron chi connectivity index (χ2n) is 10.4. The van der Waals surface area contributed by atoms with Crippen LogP contribution in [-0.2, 0) is 11.2 Å². The summed E-state index contributed by atoms with van der Waals surface area (Å²) in [5.41, 5.74) is 4.81. The summed E-state index contributed by atoms with van der Waals surface area (Å²) in [6.07, 6.45) is 5.75. The number of halogens is 1. The second-order valence-corrected chi connectivity index (χ2v) is 10.4. The number of carbonyl (C=O) groups excluding carboxylic acids is 1. The van der Waals surface area contributed by atoms with Crippen LogP contribution in [0.5, 0.6) is 6.01 Å². The number of benzene rings is 2. The summed E-state index contributed by atoms with van der Waals surface area (Å²) in [6.45, 7) is 5.81. The highest BCUT2D eigenvalue weighted by atomic mass is 19.1. The quantitative estimate of drug-likeness (QED) is 0.337. The SMILES string of the molecule is C=CC(=O)NCCNc1nc(OC[C@@H]2CCCN2C)nc2cc(-c3cccc4c3C3CC3C4)c(F)cc12. The van der Waals surface area contributed by atoms with Crippen LogP contribution in [0.2, 0.25) is 0 Å². The largest absolute Gasteiger partial charge is 0.462 e. The molecule has 8 heteroatoms. The first-order chi connectivity index (χ1) is 18.0. The summed E-state index contributed by atoms with van der Waals surface area (Å²) >= 11 is 0. The topological polar surface area (TPSA) is 79.4 Å². The first kappa shape index (κ1) is 23.9. The molecule has 1 saturated heterocycles. The van der Waals surface area contributed by atoms with Crippen LogP contribution in [0.15, 0.2) is 43.0 Å². The van der Waals surface area contributed by atoms with E-state index < -0.39 is 0 Å². The summed E-state index contributed by atoms with van der Waals surface area (Å²) in [5, 5.41) is 6.54. The van der Waals surface area contributed by atoms with Crippen molar-refractivity contribution in [2.24, 2.45) is 5.92 Å². The molecule has 3 atom stereocenters. The molecule has 37 heavy (non-hydrogen) atoms. The van der Waals surface area contributed by atoms with Gasteiger partial charge in [0.05, 0.1) is 5.52 Å². The number of likely N-dealkylation sites (N-methyl/N-ethyl adjacent to an activating group) is 1. The molecule has 7 nitrogen and oxygen atoms in total. The Bertz CT molecular complexity index is 1380. The molecular weight excluding hydrogens is 469 g/mol. The van der Waals surface area contributed by atoms with Crippen LogP contribution in [0.1, 0.15) is 36.3 Å². The maximum Gasteiger partial charge on any atom is 0.318 e. The van der Waals surface area contributed by atoms with Gasteiger partial charge < -0.3 is 20.3 Å². The highest BCUT2D eigenvalue weighted by molar-refractivity contribution is 5.93. The van der Waals surface area contributed by atoms with Crippen LogP contribution < -0.4 is 15.4 Å². The molecule has 0 radical (unpaired) electrons. The van der Waals surface area contributed by atoms with Gasteiger partial charge >= 0.3 is 6.01 Å². The molecule has 1 amide bonds. The molecule has 0 bridgehead atoms. The zero-order valence-electron chi connectivity index (χ0n) is 21.1. The van der Waals surface area contributed by atoms with Crippen molar-refractivity contribution in [3.63, 3.8) is 0 Å². The number of aromatic nitrogens is 2. The Morgan fingerprint density at radius 3 is 2.97 bits per heavy atom. The lowest BCUT2D eigenvalue weighted by Gasteiger charge is -2.19. The Labute approximate surface area is 216 Å². The number of anilines is 1. The van der Waals surface area contributed by atoms with Gasteiger partial charge in [-0.25, -0.2) is 4.39 Å². The van der Waals surface area contributed by atoms with Gasteiger partial charge in [-0.3, -0.25) is 4.79 Å². The zero-order chi connectivity index (χ0) is 25.5. The van der Waals surface area contributed by atoms with Gasteiger partial charge in [-0.15, -0.1) is 0 Å². The molecule has 6 rings (SSSR count). The Morgan fingerprint density at radius 1 is 1.27 bits per heavy atom. The van der Waals surface area contributed by atoms with E-state index in [2.05, 4.69) is 40.2 Å². The molecule has 1 aromatic heterocycles. The van der Waals surface area contributed by atoms with Crippen LogP contribution in [0.3, 0.4) is 0 Å². The molecule has 2 heterocycles. The van der Waals surface area contributed by atoms with Crippen molar-refractivity contribution in [2.75, 3.05) is 38.6 Å². The third-order valence-corrected chi connectivity index (χ3v) is 8.00. The average Bonchev–Trinajstić information content (AvgIpc) is 3.37. The monoisotopic (exact) mass is 501 g/mol. The van der Waals surface area contributed by atoms with Crippen molar-refractivity contribution in [3.8, 4) is 17.1 Å². The van der Waals surface area contributed by atoms with Gasteiger partial charge in [-0.05, 0) is 86.0 Å². The fourth-order valence-corrected chi connectivity index (χ4v) is 5.91. The van der Waals surface area contributed by atoms with Crippen LogP contribution in [0.25, 0.3) is 22.0 Å². The molecule has 192 valence electrons. The summed E-state index contributed by atoms with van der Waals surface area (Å²) < 4.78 is 21.7. The third kappa shape index (κ3) is 4.66. The lowest BCUT2D eigenvalue weighted by atomic mass is 9.93. The minimum Gasteiger partial charge on any atom is -0.462 e. The lowest BCUT2D eigenvalue weighted by Crippen LogP contribution is -2.31. The zero-order valence-corrected chi connectivity index (χ0v) is 21.1. The number of nitrogens with one attached hydrogen (secondary N) is 2. The first-order valence-electron chi connectivity index (χ1n) is 13.1. The van der Waals surface area contributed by atoms with E-state index in [1.807, 2.05) is 18.2 Å². The number of amides is 1. The minimum absolute atomic E-state index is 0.247. The van der Waals surface area contributed by atoms with Gasteiger partial charge in [-0.2, -0.15) is 9.97 Å². The molecule has 1 saturated carbocycles. The standard InChI is InChI=1S/C29H32FN5O2/c1-3-26(36)31-9-10-32-28-23-14-24(30)22(20-8-4-6-17-12-18-13-21(18)27(17)20)15-25(23)33-29(34-28)37-16-19-7-5-11-35(19)2/h3-4,6,8,14-15,18-19,21H,1,5,7,9-13,16H2,2H3,(H,31,36)(H,32,33,34)/t18?,19-,21?/m0/s1.